The van der Waals surface area contributed by atoms with Gasteiger partial charge >= 0.3 is 5.97 Å². The topological polar surface area (TPSA) is 64.8 Å². The van der Waals surface area contributed by atoms with Gasteiger partial charge in [0.1, 0.15) is 5.75 Å². The van der Waals surface area contributed by atoms with E-state index in [0.29, 0.717) is 12.3 Å². The van der Waals surface area contributed by atoms with Crippen molar-refractivity contribution in [1.82, 2.24) is 4.90 Å². The molecule has 2 N–H and O–H groups in total. The predicted molar refractivity (Wildman–Crippen MR) is 86.9 cm³/mol. The maximum Gasteiger partial charge on any atom is 0.309 e. The molecule has 122 valence electrons. The molecule has 0 spiro atoms. The Balaban J connectivity index is 1.77. The van der Waals surface area contributed by atoms with Gasteiger partial charge in [0, 0.05) is 6.54 Å². The number of hydrogen-bond acceptors (Lipinski definition) is 5. The van der Waals surface area contributed by atoms with Gasteiger partial charge in [0.05, 0.1) is 25.3 Å². The molecule has 1 aromatic carbocycles. The van der Waals surface area contributed by atoms with Gasteiger partial charge in [0.25, 0.3) is 0 Å². The fourth-order valence-electron chi connectivity index (χ4n) is 2.88. The molecule has 1 aliphatic rings. The number of methoxy groups -OCH3 is 1. The first-order chi connectivity index (χ1) is 10.6. The van der Waals surface area contributed by atoms with Crippen molar-refractivity contribution in [3.8, 4) is 5.75 Å². The van der Waals surface area contributed by atoms with E-state index in [2.05, 4.69) is 11.0 Å². The van der Waals surface area contributed by atoms with E-state index in [0.717, 1.165) is 44.6 Å². The Hall–Kier alpha value is -1.75. The quantitative estimate of drug-likeness (QED) is 0.644. The summed E-state index contributed by atoms with van der Waals surface area (Å²) < 4.78 is 10.3. The Kier molecular flexibility index (Phi) is 6.07. The highest BCUT2D eigenvalue weighted by molar-refractivity contribution is 5.72. The second-order valence-electron chi connectivity index (χ2n) is 5.69. The second-order valence-corrected chi connectivity index (χ2v) is 5.69. The molecule has 0 aliphatic carbocycles. The number of hydrogen-bond donors (Lipinski definition) is 1. The first-order valence-corrected chi connectivity index (χ1v) is 7.95. The fourth-order valence-corrected chi connectivity index (χ4v) is 2.88. The second kappa shape index (κ2) is 8.03. The van der Waals surface area contributed by atoms with Crippen LogP contribution in [0.5, 0.6) is 5.75 Å². The number of carbonyl (C=O) groups is 1. The number of nitrogens with zero attached hydrogens (tertiary/aromatic N) is 1. The lowest BCUT2D eigenvalue weighted by Gasteiger charge is -2.30. The molecule has 1 aliphatic heterocycles. The number of anilines is 1. The van der Waals surface area contributed by atoms with Crippen LogP contribution in [-0.2, 0) is 16.0 Å². The Labute approximate surface area is 132 Å². The van der Waals surface area contributed by atoms with Crippen molar-refractivity contribution in [3.63, 3.8) is 0 Å². The molecule has 0 saturated carbocycles. The summed E-state index contributed by atoms with van der Waals surface area (Å²) in [4.78, 5) is 14.1. The number of carbonyl (C=O) groups excluding carboxylic acids is 1. The van der Waals surface area contributed by atoms with Crippen LogP contribution in [-0.4, -0.2) is 44.2 Å². The van der Waals surface area contributed by atoms with Crippen LogP contribution < -0.4 is 10.5 Å². The van der Waals surface area contributed by atoms with Crippen LogP contribution in [0.2, 0.25) is 0 Å². The zero-order chi connectivity index (χ0) is 15.9. The number of nitrogens with two attached hydrogens (primary N) is 1. The van der Waals surface area contributed by atoms with Crippen LogP contribution in [0.4, 0.5) is 5.69 Å². The molecule has 1 heterocycles. The van der Waals surface area contributed by atoms with Gasteiger partial charge in [0.15, 0.2) is 0 Å². The van der Waals surface area contributed by atoms with E-state index >= 15 is 0 Å². The number of ether oxygens (including phenoxy) is 2. The molecule has 0 amide bonds. The van der Waals surface area contributed by atoms with Gasteiger partial charge in [-0.3, -0.25) is 4.79 Å². The third-order valence-electron chi connectivity index (χ3n) is 4.22. The summed E-state index contributed by atoms with van der Waals surface area (Å²) >= 11 is 0. The maximum atomic E-state index is 11.7. The molecule has 1 saturated heterocycles. The zero-order valence-corrected chi connectivity index (χ0v) is 13.5. The van der Waals surface area contributed by atoms with Gasteiger partial charge < -0.3 is 20.1 Å². The Morgan fingerprint density at radius 3 is 2.68 bits per heavy atom. The van der Waals surface area contributed by atoms with Crippen LogP contribution in [0.1, 0.15) is 25.3 Å². The van der Waals surface area contributed by atoms with E-state index in [1.54, 1.807) is 7.11 Å². The van der Waals surface area contributed by atoms with Gasteiger partial charge in [-0.1, -0.05) is 6.07 Å². The average Bonchev–Trinajstić information content (AvgIpc) is 2.54. The van der Waals surface area contributed by atoms with Crippen molar-refractivity contribution in [2.24, 2.45) is 5.92 Å². The van der Waals surface area contributed by atoms with Crippen molar-refractivity contribution in [1.29, 1.82) is 0 Å². The van der Waals surface area contributed by atoms with Crippen molar-refractivity contribution in [2.45, 2.75) is 26.2 Å². The molecule has 5 nitrogen and oxygen atoms in total. The minimum absolute atomic E-state index is 0.0370. The minimum Gasteiger partial charge on any atom is -0.495 e. The number of likely N-dealkylation sites (tertiary alicyclic amines) is 1. The molecule has 0 radical (unpaired) electrons. The minimum atomic E-state index is -0.0370. The van der Waals surface area contributed by atoms with Crippen LogP contribution in [0.25, 0.3) is 0 Å². The maximum absolute atomic E-state index is 11.7. The molecule has 0 bridgehead atoms. The van der Waals surface area contributed by atoms with Crippen molar-refractivity contribution in [2.75, 3.05) is 39.1 Å². The van der Waals surface area contributed by atoms with Crippen LogP contribution in [0.15, 0.2) is 18.2 Å². The highest BCUT2D eigenvalue weighted by Gasteiger charge is 2.25. The summed E-state index contributed by atoms with van der Waals surface area (Å²) in [5.41, 5.74) is 7.83. The van der Waals surface area contributed by atoms with Crippen molar-refractivity contribution < 1.29 is 14.3 Å². The molecular formula is C17H26N2O3. The van der Waals surface area contributed by atoms with E-state index in [-0.39, 0.29) is 11.9 Å². The Morgan fingerprint density at radius 2 is 2.09 bits per heavy atom. The van der Waals surface area contributed by atoms with Gasteiger partial charge in [-0.25, -0.2) is 0 Å². The summed E-state index contributed by atoms with van der Waals surface area (Å²) in [5, 5.41) is 0. The predicted octanol–water partition coefficient (Wildman–Crippen LogP) is 2.10. The van der Waals surface area contributed by atoms with Gasteiger partial charge in [0.2, 0.25) is 0 Å². The normalized spacial score (nSPS) is 16.5. The standard InChI is InChI=1S/C17H26N2O3/c1-3-22-17(20)14-7-10-19(11-8-14)9-6-13-4-5-16(21-2)15(18)12-13/h4-5,12,14H,3,6-11,18H2,1-2H3. The van der Waals surface area contributed by atoms with Crippen LogP contribution in [0, 0.1) is 5.92 Å². The largest absolute Gasteiger partial charge is 0.495 e. The monoisotopic (exact) mass is 306 g/mol. The number of piperidine rings is 1. The number of nitrogen functional groups attached to an aromatic ring is 1. The Morgan fingerprint density at radius 1 is 1.36 bits per heavy atom. The third kappa shape index (κ3) is 4.37. The van der Waals surface area contributed by atoms with Gasteiger partial charge in [-0.05, 0) is 57.0 Å². The van der Waals surface area contributed by atoms with Crippen LogP contribution in [0.3, 0.4) is 0 Å². The summed E-state index contributed by atoms with van der Waals surface area (Å²) in [6, 6.07) is 5.95. The van der Waals surface area contributed by atoms with Crippen molar-refractivity contribution >= 4 is 11.7 Å². The summed E-state index contributed by atoms with van der Waals surface area (Å²) in [6.45, 7) is 5.22. The Bertz CT molecular complexity index is 497. The molecule has 0 aromatic heterocycles. The van der Waals surface area contributed by atoms with E-state index in [1.165, 1.54) is 5.56 Å². The lowest BCUT2D eigenvalue weighted by Crippen LogP contribution is -2.38. The molecule has 0 atom stereocenters. The van der Waals surface area contributed by atoms with Crippen LogP contribution >= 0.6 is 0 Å². The molecule has 1 aromatic rings. The first-order valence-electron chi connectivity index (χ1n) is 7.95. The lowest BCUT2D eigenvalue weighted by atomic mass is 9.96. The molecule has 0 unspecified atom stereocenters. The molecular weight excluding hydrogens is 280 g/mol. The summed E-state index contributed by atoms with van der Waals surface area (Å²) in [7, 11) is 1.62. The highest BCUT2D eigenvalue weighted by Crippen LogP contribution is 2.23. The highest BCUT2D eigenvalue weighted by atomic mass is 16.5. The number of benzene rings is 1. The fraction of sp³-hybridized carbons (Fsp3) is 0.588. The van der Waals surface area contributed by atoms with E-state index in [1.807, 2.05) is 19.1 Å². The molecule has 2 rings (SSSR count). The first kappa shape index (κ1) is 16.6. The number of rotatable bonds is 6. The summed E-state index contributed by atoms with van der Waals surface area (Å²) in [6.07, 6.45) is 2.74. The lowest BCUT2D eigenvalue weighted by molar-refractivity contribution is -0.149. The smallest absolute Gasteiger partial charge is 0.309 e. The van der Waals surface area contributed by atoms with E-state index in [4.69, 9.17) is 15.2 Å². The van der Waals surface area contributed by atoms with E-state index in [9.17, 15) is 4.79 Å². The SMILES string of the molecule is CCOC(=O)C1CCN(CCc2ccc(OC)c(N)c2)CC1. The van der Waals surface area contributed by atoms with Gasteiger partial charge in [-0.2, -0.15) is 0 Å². The number of esters is 1. The average molecular weight is 306 g/mol. The zero-order valence-electron chi connectivity index (χ0n) is 13.5. The summed E-state index contributed by atoms with van der Waals surface area (Å²) in [5.74, 6) is 0.761. The molecule has 22 heavy (non-hydrogen) atoms. The van der Waals surface area contributed by atoms with Gasteiger partial charge in [-0.15, -0.1) is 0 Å². The molecule has 5 heteroatoms. The van der Waals surface area contributed by atoms with Crippen molar-refractivity contribution in [3.05, 3.63) is 23.8 Å². The molecule has 1 fully saturated rings. The third-order valence-corrected chi connectivity index (χ3v) is 4.22. The van der Waals surface area contributed by atoms with E-state index < -0.39 is 0 Å².